The highest BCUT2D eigenvalue weighted by Gasteiger charge is 2.62. The highest BCUT2D eigenvalue weighted by molar-refractivity contribution is 5.10. The van der Waals surface area contributed by atoms with Crippen LogP contribution in [0.4, 0.5) is 0 Å². The monoisotopic (exact) mass is 122 g/mol. The zero-order valence-electron chi connectivity index (χ0n) is 6.01. The van der Waals surface area contributed by atoms with Crippen LogP contribution in [0.15, 0.2) is 0 Å². The van der Waals surface area contributed by atoms with Gasteiger partial charge < -0.3 is 0 Å². The summed E-state index contributed by atoms with van der Waals surface area (Å²) in [5.74, 6) is 5.95. The molecule has 0 aromatic rings. The Bertz CT molecular complexity index is 138. The molecule has 4 unspecified atom stereocenters. The highest BCUT2D eigenvalue weighted by Crippen LogP contribution is 2.69. The molecule has 0 aliphatic heterocycles. The standard InChI is InChI=1S/C9H14/c1-5-4-8-6-2-3-7(8)9(5)6/h5-9H,2-4H2,1H3/t5?,6-,7?,8?,9?/m1/s1. The fourth-order valence-electron chi connectivity index (χ4n) is 4.04. The third kappa shape index (κ3) is 0.342. The van der Waals surface area contributed by atoms with Crippen molar-refractivity contribution < 1.29 is 0 Å². The lowest BCUT2D eigenvalue weighted by atomic mass is 9.70. The highest BCUT2D eigenvalue weighted by atomic mass is 14.7. The van der Waals surface area contributed by atoms with E-state index in [0.717, 1.165) is 5.92 Å². The molecule has 5 rings (SSSR count). The lowest BCUT2D eigenvalue weighted by Gasteiger charge is -2.35. The summed E-state index contributed by atoms with van der Waals surface area (Å²) in [6.07, 6.45) is 4.76. The van der Waals surface area contributed by atoms with E-state index in [1.807, 2.05) is 0 Å². The summed E-state index contributed by atoms with van der Waals surface area (Å²) < 4.78 is 0. The second-order valence-electron chi connectivity index (χ2n) is 4.36. The van der Waals surface area contributed by atoms with Gasteiger partial charge in [0.1, 0.15) is 0 Å². The maximum atomic E-state index is 2.46. The van der Waals surface area contributed by atoms with Crippen LogP contribution in [0.5, 0.6) is 0 Å². The van der Waals surface area contributed by atoms with Gasteiger partial charge in [-0.25, -0.2) is 0 Å². The quantitative estimate of drug-likeness (QED) is 0.462. The molecule has 9 heavy (non-hydrogen) atoms. The van der Waals surface area contributed by atoms with Crippen LogP contribution in [0.3, 0.4) is 0 Å². The smallest absolute Gasteiger partial charge is 0.0326 e. The fourth-order valence-corrected chi connectivity index (χ4v) is 4.04. The van der Waals surface area contributed by atoms with Crippen molar-refractivity contribution >= 4 is 0 Å². The molecule has 50 valence electrons. The van der Waals surface area contributed by atoms with E-state index in [4.69, 9.17) is 0 Å². The van der Waals surface area contributed by atoms with Crippen molar-refractivity contribution in [1.82, 2.24) is 0 Å². The van der Waals surface area contributed by atoms with Crippen molar-refractivity contribution in [2.75, 3.05) is 0 Å². The number of hydrogen-bond donors (Lipinski definition) is 0. The van der Waals surface area contributed by atoms with Crippen LogP contribution in [-0.2, 0) is 0 Å². The first-order valence-electron chi connectivity index (χ1n) is 4.38. The lowest BCUT2D eigenvalue weighted by Crippen LogP contribution is -2.31. The lowest BCUT2D eigenvalue weighted by molar-refractivity contribution is 0.123. The molecule has 5 fully saturated rings. The van der Waals surface area contributed by atoms with Gasteiger partial charge in [0.15, 0.2) is 0 Å². The van der Waals surface area contributed by atoms with Crippen LogP contribution < -0.4 is 0 Å². The van der Waals surface area contributed by atoms with E-state index in [9.17, 15) is 0 Å². The molecule has 4 bridgehead atoms. The second kappa shape index (κ2) is 1.21. The number of rotatable bonds is 0. The molecular weight excluding hydrogens is 108 g/mol. The summed E-state index contributed by atoms with van der Waals surface area (Å²) in [6, 6.07) is 0. The van der Waals surface area contributed by atoms with E-state index in [1.165, 1.54) is 23.7 Å². The van der Waals surface area contributed by atoms with Crippen molar-refractivity contribution in [3.63, 3.8) is 0 Å². The molecule has 0 radical (unpaired) electrons. The van der Waals surface area contributed by atoms with E-state index >= 15 is 0 Å². The fraction of sp³-hybridized carbons (Fsp3) is 1.00. The minimum Gasteiger partial charge on any atom is -0.0622 e. The average molecular weight is 122 g/mol. The Morgan fingerprint density at radius 1 is 1.00 bits per heavy atom. The van der Waals surface area contributed by atoms with Gasteiger partial charge in [-0.15, -0.1) is 0 Å². The van der Waals surface area contributed by atoms with Gasteiger partial charge in [0.05, 0.1) is 0 Å². The van der Waals surface area contributed by atoms with E-state index in [2.05, 4.69) is 6.92 Å². The first kappa shape index (κ1) is 4.76. The molecule has 5 aliphatic rings. The Kier molecular flexibility index (Phi) is 0.640. The second-order valence-corrected chi connectivity index (χ2v) is 4.36. The Hall–Kier alpha value is 0. The van der Waals surface area contributed by atoms with Gasteiger partial charge in [0.2, 0.25) is 0 Å². The van der Waals surface area contributed by atoms with Gasteiger partial charge in [0, 0.05) is 0 Å². The van der Waals surface area contributed by atoms with Gasteiger partial charge in [-0.2, -0.15) is 0 Å². The molecule has 0 N–H and O–H groups in total. The Labute approximate surface area is 56.6 Å². The molecule has 0 aromatic carbocycles. The van der Waals surface area contributed by atoms with E-state index in [0.29, 0.717) is 0 Å². The molecule has 0 amide bonds. The maximum Gasteiger partial charge on any atom is -0.0326 e. The van der Waals surface area contributed by atoms with Crippen molar-refractivity contribution in [3.8, 4) is 0 Å². The predicted molar refractivity (Wildman–Crippen MR) is 37.0 cm³/mol. The number of fused-ring (bicyclic) bond motifs is 2. The van der Waals surface area contributed by atoms with Crippen LogP contribution in [0.2, 0.25) is 0 Å². The van der Waals surface area contributed by atoms with E-state index in [1.54, 1.807) is 19.3 Å². The molecule has 0 saturated heterocycles. The minimum absolute atomic E-state index is 1.10. The third-order valence-corrected chi connectivity index (χ3v) is 4.22. The largest absolute Gasteiger partial charge is 0.0622 e. The van der Waals surface area contributed by atoms with E-state index in [-0.39, 0.29) is 0 Å². The molecular formula is C9H14. The topological polar surface area (TPSA) is 0 Å². The molecule has 0 heterocycles. The molecule has 0 nitrogen and oxygen atoms in total. The first-order chi connectivity index (χ1) is 4.38. The minimum atomic E-state index is 1.10. The molecule has 0 aromatic heterocycles. The SMILES string of the molecule is CC1CC2C3CC[C@H]2C13. The molecule has 0 spiro atoms. The van der Waals surface area contributed by atoms with Crippen molar-refractivity contribution in [2.45, 2.75) is 26.2 Å². The van der Waals surface area contributed by atoms with Gasteiger partial charge in [-0.3, -0.25) is 0 Å². The van der Waals surface area contributed by atoms with Crippen LogP contribution in [0.1, 0.15) is 26.2 Å². The number of hydrogen-bond acceptors (Lipinski definition) is 0. The van der Waals surface area contributed by atoms with Gasteiger partial charge >= 0.3 is 0 Å². The van der Waals surface area contributed by atoms with Crippen LogP contribution in [0, 0.1) is 29.6 Å². The van der Waals surface area contributed by atoms with Gasteiger partial charge in [-0.05, 0) is 48.9 Å². The van der Waals surface area contributed by atoms with Crippen LogP contribution in [-0.4, -0.2) is 0 Å². The normalized spacial score (nSPS) is 68.3. The summed E-state index contributed by atoms with van der Waals surface area (Å²) in [6.45, 7) is 2.46. The Morgan fingerprint density at radius 3 is 2.00 bits per heavy atom. The molecule has 5 aliphatic carbocycles. The third-order valence-electron chi connectivity index (χ3n) is 4.22. The van der Waals surface area contributed by atoms with Crippen molar-refractivity contribution in [2.24, 2.45) is 29.6 Å². The van der Waals surface area contributed by atoms with Gasteiger partial charge in [0.25, 0.3) is 0 Å². The van der Waals surface area contributed by atoms with Crippen LogP contribution in [0.25, 0.3) is 0 Å². The summed E-state index contributed by atoms with van der Waals surface area (Å²) in [7, 11) is 0. The Balaban J connectivity index is 2.01. The summed E-state index contributed by atoms with van der Waals surface area (Å²) in [5, 5.41) is 0. The van der Waals surface area contributed by atoms with E-state index < -0.39 is 0 Å². The Morgan fingerprint density at radius 2 is 1.67 bits per heavy atom. The zero-order valence-corrected chi connectivity index (χ0v) is 6.01. The maximum absolute atomic E-state index is 2.46. The molecule has 5 saturated carbocycles. The van der Waals surface area contributed by atoms with Gasteiger partial charge in [-0.1, -0.05) is 6.92 Å². The molecule has 5 atom stereocenters. The zero-order chi connectivity index (χ0) is 6.01. The first-order valence-corrected chi connectivity index (χ1v) is 4.38. The predicted octanol–water partition coefficient (Wildman–Crippen LogP) is 2.30. The van der Waals surface area contributed by atoms with Crippen LogP contribution >= 0.6 is 0 Å². The van der Waals surface area contributed by atoms with Crippen molar-refractivity contribution in [3.05, 3.63) is 0 Å². The van der Waals surface area contributed by atoms with Crippen molar-refractivity contribution in [1.29, 1.82) is 0 Å². The summed E-state index contributed by atoms with van der Waals surface area (Å²) >= 11 is 0. The average Bonchev–Trinajstić information content (AvgIpc) is 2.34. The molecule has 0 heteroatoms. The summed E-state index contributed by atoms with van der Waals surface area (Å²) in [4.78, 5) is 0. The summed E-state index contributed by atoms with van der Waals surface area (Å²) in [5.41, 5.74) is 0.